The standard InChI is InChI=1S/C51H32N2S/c1-3-12-37(13-4-1)48-49(38-14-5-2-6-15-38)53-46-31-30-39(32-45(46)41-16-7-8-18-44(41)51(53)52-48)35-24-22-33(23-25-35)34-26-28-36(29-27-34)40-19-11-20-43-42-17-9-10-21-47(42)54-50(40)43/h1-32H. The molecular formula is C51H32N2S. The Kier molecular flexibility index (Phi) is 7.07. The average Bonchev–Trinajstić information content (AvgIpc) is 3.85. The highest BCUT2D eigenvalue weighted by Crippen LogP contribution is 2.42. The zero-order valence-electron chi connectivity index (χ0n) is 29.3. The van der Waals surface area contributed by atoms with Gasteiger partial charge in [-0.05, 0) is 57.0 Å². The van der Waals surface area contributed by atoms with Gasteiger partial charge in [0.1, 0.15) is 5.65 Å². The number of aromatic nitrogens is 2. The van der Waals surface area contributed by atoms with Crippen LogP contribution in [0.5, 0.6) is 0 Å². The second-order valence-electron chi connectivity index (χ2n) is 13.9. The SMILES string of the molecule is c1ccc(-c2nc3c4ccccc4c4cc(-c5ccc(-c6ccc(-c7cccc8c7sc7ccccc78)cc6)cc5)ccc4n3c2-c2ccccc2)cc1. The van der Waals surface area contributed by atoms with Crippen LogP contribution in [0.2, 0.25) is 0 Å². The van der Waals surface area contributed by atoms with E-state index in [-0.39, 0.29) is 0 Å². The summed E-state index contributed by atoms with van der Waals surface area (Å²) >= 11 is 1.88. The molecule has 0 bridgehead atoms. The van der Waals surface area contributed by atoms with Crippen molar-refractivity contribution in [2.75, 3.05) is 0 Å². The predicted octanol–water partition coefficient (Wildman–Crippen LogP) is 14.3. The Morgan fingerprint density at radius 2 is 0.926 bits per heavy atom. The smallest absolute Gasteiger partial charge is 0.146 e. The first kappa shape index (κ1) is 30.8. The van der Waals surface area contributed by atoms with Gasteiger partial charge in [-0.25, -0.2) is 4.98 Å². The van der Waals surface area contributed by atoms with E-state index in [9.17, 15) is 0 Å². The number of hydrogen-bond donors (Lipinski definition) is 0. The number of nitrogens with zero attached hydrogens (tertiary/aromatic N) is 2. The van der Waals surface area contributed by atoms with Crippen LogP contribution in [-0.4, -0.2) is 9.38 Å². The van der Waals surface area contributed by atoms with Gasteiger partial charge in [0.05, 0.1) is 16.9 Å². The van der Waals surface area contributed by atoms with Gasteiger partial charge in [-0.15, -0.1) is 11.3 Å². The number of fused-ring (bicyclic) bond motifs is 9. The fourth-order valence-corrected chi connectivity index (χ4v) is 9.44. The van der Waals surface area contributed by atoms with Gasteiger partial charge >= 0.3 is 0 Å². The highest BCUT2D eigenvalue weighted by molar-refractivity contribution is 7.26. The first-order valence-corrected chi connectivity index (χ1v) is 19.2. The zero-order valence-corrected chi connectivity index (χ0v) is 30.1. The van der Waals surface area contributed by atoms with Gasteiger partial charge in [0.2, 0.25) is 0 Å². The summed E-state index contributed by atoms with van der Waals surface area (Å²) in [5, 5.41) is 6.22. The van der Waals surface area contributed by atoms with Gasteiger partial charge in [-0.2, -0.15) is 0 Å². The van der Waals surface area contributed by atoms with E-state index in [1.165, 1.54) is 64.3 Å². The van der Waals surface area contributed by atoms with Crippen LogP contribution in [0.25, 0.3) is 103 Å². The molecule has 252 valence electrons. The van der Waals surface area contributed by atoms with Crippen LogP contribution in [0.15, 0.2) is 194 Å². The summed E-state index contributed by atoms with van der Waals surface area (Å²) < 4.78 is 5.05. The normalized spacial score (nSPS) is 11.7. The Balaban J connectivity index is 0.994. The topological polar surface area (TPSA) is 17.3 Å². The molecule has 2 nitrogen and oxygen atoms in total. The number of rotatable bonds is 5. The van der Waals surface area contributed by atoms with Crippen LogP contribution in [0.1, 0.15) is 0 Å². The van der Waals surface area contributed by atoms with Crippen LogP contribution in [0.3, 0.4) is 0 Å². The largest absolute Gasteiger partial charge is 0.291 e. The summed E-state index contributed by atoms with van der Waals surface area (Å²) in [7, 11) is 0. The molecule has 11 aromatic rings. The predicted molar refractivity (Wildman–Crippen MR) is 230 cm³/mol. The zero-order chi connectivity index (χ0) is 35.6. The minimum absolute atomic E-state index is 0.972. The van der Waals surface area contributed by atoms with Crippen molar-refractivity contribution >= 4 is 58.8 Å². The number of pyridine rings is 1. The third-order valence-electron chi connectivity index (χ3n) is 10.8. The Morgan fingerprint density at radius 3 is 1.65 bits per heavy atom. The molecule has 0 amide bonds. The van der Waals surface area contributed by atoms with Gasteiger partial charge in [-0.1, -0.05) is 176 Å². The summed E-state index contributed by atoms with van der Waals surface area (Å²) in [6, 6.07) is 70.2. The lowest BCUT2D eigenvalue weighted by Gasteiger charge is -2.13. The highest BCUT2D eigenvalue weighted by Gasteiger charge is 2.21. The van der Waals surface area contributed by atoms with Crippen LogP contribution in [0.4, 0.5) is 0 Å². The minimum atomic E-state index is 0.972. The molecule has 0 fully saturated rings. The molecule has 0 aliphatic carbocycles. The van der Waals surface area contributed by atoms with Gasteiger partial charge in [0, 0.05) is 42.1 Å². The van der Waals surface area contributed by atoms with E-state index in [0.717, 1.165) is 39.1 Å². The van der Waals surface area contributed by atoms with Crippen molar-refractivity contribution in [1.29, 1.82) is 0 Å². The molecule has 0 aliphatic heterocycles. The van der Waals surface area contributed by atoms with E-state index in [1.807, 2.05) is 11.3 Å². The number of benzene rings is 8. The van der Waals surface area contributed by atoms with Crippen molar-refractivity contribution in [3.8, 4) is 55.9 Å². The van der Waals surface area contributed by atoms with Gasteiger partial charge in [-0.3, -0.25) is 4.40 Å². The molecule has 0 N–H and O–H groups in total. The molecule has 0 radical (unpaired) electrons. The fourth-order valence-electron chi connectivity index (χ4n) is 8.21. The molecule has 3 heteroatoms. The molecule has 0 saturated carbocycles. The number of thiophene rings is 1. The first-order chi connectivity index (χ1) is 26.8. The fraction of sp³-hybridized carbons (Fsp3) is 0. The lowest BCUT2D eigenvalue weighted by Crippen LogP contribution is -1.95. The van der Waals surface area contributed by atoms with E-state index in [4.69, 9.17) is 4.98 Å². The average molecular weight is 705 g/mol. The van der Waals surface area contributed by atoms with E-state index in [1.54, 1.807) is 0 Å². The molecule has 0 spiro atoms. The van der Waals surface area contributed by atoms with Crippen LogP contribution < -0.4 is 0 Å². The molecule has 54 heavy (non-hydrogen) atoms. The van der Waals surface area contributed by atoms with Crippen molar-refractivity contribution in [2.24, 2.45) is 0 Å². The second-order valence-corrected chi connectivity index (χ2v) is 15.0. The Morgan fingerprint density at radius 1 is 0.370 bits per heavy atom. The maximum absolute atomic E-state index is 5.36. The summed E-state index contributed by atoms with van der Waals surface area (Å²) in [5.74, 6) is 0. The third-order valence-corrected chi connectivity index (χ3v) is 12.0. The van der Waals surface area contributed by atoms with Crippen molar-refractivity contribution in [2.45, 2.75) is 0 Å². The molecule has 0 saturated heterocycles. The van der Waals surface area contributed by atoms with Gasteiger partial charge in [0.25, 0.3) is 0 Å². The van der Waals surface area contributed by atoms with Crippen molar-refractivity contribution in [3.63, 3.8) is 0 Å². The summed E-state index contributed by atoms with van der Waals surface area (Å²) in [6.07, 6.45) is 0. The molecule has 11 rings (SSSR count). The molecule has 0 aliphatic rings. The van der Waals surface area contributed by atoms with Gasteiger partial charge in [0.15, 0.2) is 0 Å². The highest BCUT2D eigenvalue weighted by atomic mass is 32.1. The van der Waals surface area contributed by atoms with E-state index >= 15 is 0 Å². The molecule has 3 heterocycles. The van der Waals surface area contributed by atoms with Gasteiger partial charge < -0.3 is 0 Å². The summed E-state index contributed by atoms with van der Waals surface area (Å²) in [6.45, 7) is 0. The minimum Gasteiger partial charge on any atom is -0.291 e. The molecule has 3 aromatic heterocycles. The van der Waals surface area contributed by atoms with E-state index in [2.05, 4.69) is 199 Å². The molecule has 8 aromatic carbocycles. The second kappa shape index (κ2) is 12.4. The van der Waals surface area contributed by atoms with E-state index in [0.29, 0.717) is 0 Å². The Labute approximate surface area is 316 Å². The van der Waals surface area contributed by atoms with Crippen molar-refractivity contribution < 1.29 is 0 Å². The summed E-state index contributed by atoms with van der Waals surface area (Å²) in [5.41, 5.74) is 13.8. The third kappa shape index (κ3) is 4.90. The first-order valence-electron chi connectivity index (χ1n) is 18.4. The quantitative estimate of drug-likeness (QED) is 0.163. The molecule has 0 unspecified atom stereocenters. The molecular weight excluding hydrogens is 673 g/mol. The Bertz CT molecular complexity index is 3170. The Hall–Kier alpha value is -6.81. The van der Waals surface area contributed by atoms with Crippen LogP contribution in [-0.2, 0) is 0 Å². The van der Waals surface area contributed by atoms with Crippen LogP contribution >= 0.6 is 11.3 Å². The number of hydrogen-bond acceptors (Lipinski definition) is 2. The molecule has 0 atom stereocenters. The maximum atomic E-state index is 5.36. The maximum Gasteiger partial charge on any atom is 0.146 e. The number of imidazole rings is 1. The van der Waals surface area contributed by atoms with Crippen molar-refractivity contribution in [1.82, 2.24) is 9.38 Å². The monoisotopic (exact) mass is 704 g/mol. The van der Waals surface area contributed by atoms with E-state index < -0.39 is 0 Å². The summed E-state index contributed by atoms with van der Waals surface area (Å²) in [4.78, 5) is 5.36. The lowest BCUT2D eigenvalue weighted by atomic mass is 9.96. The van der Waals surface area contributed by atoms with Crippen LogP contribution in [0, 0.1) is 0 Å². The van der Waals surface area contributed by atoms with Crippen molar-refractivity contribution in [3.05, 3.63) is 194 Å². The lowest BCUT2D eigenvalue weighted by molar-refractivity contribution is 1.27.